The molecule has 1 N–H and O–H groups in total. The van der Waals surface area contributed by atoms with Gasteiger partial charge in [-0.25, -0.2) is 4.79 Å². The van der Waals surface area contributed by atoms with Gasteiger partial charge in [-0.2, -0.15) is 13.2 Å². The Morgan fingerprint density at radius 2 is 1.74 bits per heavy atom. The van der Waals surface area contributed by atoms with Crippen LogP contribution in [0, 0.1) is 5.21 Å². The number of carbonyl (C=O) groups is 1. The highest BCUT2D eigenvalue weighted by atomic mass is 19.4. The molecule has 0 aliphatic carbocycles. The predicted molar refractivity (Wildman–Crippen MR) is 119 cm³/mol. The molecule has 0 saturated heterocycles. The summed E-state index contributed by atoms with van der Waals surface area (Å²) in [5.41, 5.74) is -2.30. The molecule has 0 bridgehead atoms. The largest absolute Gasteiger partial charge is 0.733 e. The van der Waals surface area contributed by atoms with Gasteiger partial charge in [-0.3, -0.25) is 10.0 Å². The molecule has 1 aromatic heterocycles. The van der Waals surface area contributed by atoms with E-state index in [1.165, 1.54) is 49.6 Å². The number of ether oxygens (including phenoxy) is 2. The molecule has 8 nitrogen and oxygen atoms in total. The number of para-hydroxylation sites is 1. The Morgan fingerprint density at radius 1 is 1.06 bits per heavy atom. The summed E-state index contributed by atoms with van der Waals surface area (Å²) in [7, 11) is 1.27. The summed E-state index contributed by atoms with van der Waals surface area (Å²) in [5.74, 6) is -2.54. The summed E-state index contributed by atoms with van der Waals surface area (Å²) in [6, 6.07) is 13.9. The van der Waals surface area contributed by atoms with Gasteiger partial charge in [0.2, 0.25) is 11.2 Å². The molecule has 1 heterocycles. The fraction of sp³-hybridized carbons (Fsp3) is 0.0833. The Morgan fingerprint density at radius 3 is 2.37 bits per heavy atom. The monoisotopic (exact) mass is 486 g/mol. The van der Waals surface area contributed by atoms with Gasteiger partial charge >= 0.3 is 12.1 Å². The molecule has 4 rings (SSSR count). The van der Waals surface area contributed by atoms with E-state index in [1.807, 2.05) is 0 Å². The van der Waals surface area contributed by atoms with Crippen LogP contribution in [0.1, 0.15) is 16.1 Å². The van der Waals surface area contributed by atoms with Crippen molar-refractivity contribution >= 4 is 22.6 Å². The second-order valence-corrected chi connectivity index (χ2v) is 7.20. The molecular formula is C24H15F3NO7-. The number of esters is 1. The average molecular weight is 486 g/mol. The minimum atomic E-state index is -5.01. The van der Waals surface area contributed by atoms with E-state index in [4.69, 9.17) is 19.1 Å². The van der Waals surface area contributed by atoms with Crippen LogP contribution in [-0.2, 0) is 6.18 Å². The van der Waals surface area contributed by atoms with E-state index in [2.05, 4.69) is 0 Å². The van der Waals surface area contributed by atoms with Crippen LogP contribution in [0.2, 0.25) is 0 Å². The van der Waals surface area contributed by atoms with E-state index in [9.17, 15) is 28.0 Å². The molecule has 0 aliphatic heterocycles. The highest BCUT2D eigenvalue weighted by Gasteiger charge is 2.40. The highest BCUT2D eigenvalue weighted by Crippen LogP contribution is 2.40. The lowest BCUT2D eigenvalue weighted by Gasteiger charge is -2.21. The SMILES string of the molecule is COc1ccccc1-c1c(C(F)(F)F)oc2cc(OC(=O)c3ccc(N([O-])O)cc3)ccc2c1=O. The van der Waals surface area contributed by atoms with E-state index in [-0.39, 0.29) is 33.7 Å². The molecule has 0 saturated carbocycles. The summed E-state index contributed by atoms with van der Waals surface area (Å²) in [4.78, 5) is 25.5. The van der Waals surface area contributed by atoms with Gasteiger partial charge in [-0.1, -0.05) is 18.2 Å². The third-order valence-electron chi connectivity index (χ3n) is 5.03. The van der Waals surface area contributed by atoms with E-state index < -0.39 is 39.7 Å². The maximum absolute atomic E-state index is 13.9. The minimum absolute atomic E-state index is 0.000323. The van der Waals surface area contributed by atoms with Crippen LogP contribution in [0.25, 0.3) is 22.1 Å². The van der Waals surface area contributed by atoms with Gasteiger partial charge in [0.05, 0.1) is 29.3 Å². The van der Waals surface area contributed by atoms with Crippen molar-refractivity contribution in [2.75, 3.05) is 12.3 Å². The molecule has 0 aliphatic rings. The fourth-order valence-corrected chi connectivity index (χ4v) is 3.42. The molecule has 0 fully saturated rings. The molecule has 0 amide bonds. The van der Waals surface area contributed by atoms with Gasteiger partial charge in [0.15, 0.2) is 0 Å². The number of fused-ring (bicyclic) bond motifs is 1. The number of rotatable bonds is 5. The van der Waals surface area contributed by atoms with Gasteiger partial charge in [0, 0.05) is 11.6 Å². The van der Waals surface area contributed by atoms with Crippen LogP contribution in [0.15, 0.2) is 75.9 Å². The van der Waals surface area contributed by atoms with Gasteiger partial charge < -0.3 is 24.3 Å². The minimum Gasteiger partial charge on any atom is -0.733 e. The number of hydrogen-bond donors (Lipinski definition) is 1. The van der Waals surface area contributed by atoms with Crippen molar-refractivity contribution in [3.63, 3.8) is 0 Å². The second kappa shape index (κ2) is 9.12. The second-order valence-electron chi connectivity index (χ2n) is 7.20. The smallest absolute Gasteiger partial charge is 0.450 e. The number of nitrogens with zero attached hydrogens (tertiary/aromatic N) is 1. The van der Waals surface area contributed by atoms with Crippen molar-refractivity contribution in [3.8, 4) is 22.6 Å². The molecule has 4 aromatic rings. The molecule has 0 atom stereocenters. The summed E-state index contributed by atoms with van der Waals surface area (Å²) in [5, 5.41) is 19.1. The number of hydrogen-bond acceptors (Lipinski definition) is 8. The van der Waals surface area contributed by atoms with E-state index in [0.29, 0.717) is 0 Å². The molecule has 35 heavy (non-hydrogen) atoms. The lowest BCUT2D eigenvalue weighted by Crippen LogP contribution is -2.16. The Labute approximate surface area is 194 Å². The van der Waals surface area contributed by atoms with Gasteiger partial charge in [-0.05, 0) is 42.5 Å². The number of halogens is 3. The first-order valence-electron chi connectivity index (χ1n) is 9.90. The normalized spacial score (nSPS) is 11.4. The van der Waals surface area contributed by atoms with Crippen molar-refractivity contribution < 1.29 is 37.1 Å². The quantitative estimate of drug-likeness (QED) is 0.227. The fourth-order valence-electron chi connectivity index (χ4n) is 3.42. The van der Waals surface area contributed by atoms with Crippen LogP contribution in [0.4, 0.5) is 18.9 Å². The first-order valence-corrected chi connectivity index (χ1v) is 9.90. The third-order valence-corrected chi connectivity index (χ3v) is 5.03. The maximum atomic E-state index is 13.9. The number of alkyl halides is 3. The number of carbonyl (C=O) groups excluding carboxylic acids is 1. The summed E-state index contributed by atoms with van der Waals surface area (Å²) >= 11 is 0. The Hall–Kier alpha value is -4.35. The Kier molecular flexibility index (Phi) is 6.20. The van der Waals surface area contributed by atoms with Gasteiger partial charge in [0.25, 0.3) is 0 Å². The van der Waals surface area contributed by atoms with Gasteiger partial charge in [0.1, 0.15) is 17.1 Å². The molecule has 0 radical (unpaired) electrons. The molecule has 0 spiro atoms. The lowest BCUT2D eigenvalue weighted by molar-refractivity contribution is -0.152. The molecular weight excluding hydrogens is 471 g/mol. The topological polar surface area (TPSA) is 112 Å². The highest BCUT2D eigenvalue weighted by molar-refractivity contribution is 5.92. The number of anilines is 1. The Balaban J connectivity index is 1.78. The van der Waals surface area contributed by atoms with E-state index in [1.54, 1.807) is 6.07 Å². The van der Waals surface area contributed by atoms with Crippen molar-refractivity contribution in [2.24, 2.45) is 0 Å². The molecule has 11 heteroatoms. The summed E-state index contributed by atoms with van der Waals surface area (Å²) in [6.45, 7) is 0. The van der Waals surface area contributed by atoms with Crippen LogP contribution in [0.5, 0.6) is 11.5 Å². The van der Waals surface area contributed by atoms with Crippen LogP contribution in [0.3, 0.4) is 0 Å². The summed E-state index contributed by atoms with van der Waals surface area (Å²) < 4.78 is 57.1. The number of methoxy groups -OCH3 is 1. The van der Waals surface area contributed by atoms with E-state index >= 15 is 0 Å². The van der Waals surface area contributed by atoms with Crippen molar-refractivity contribution in [1.82, 2.24) is 0 Å². The first-order chi connectivity index (χ1) is 16.6. The molecule has 180 valence electrons. The summed E-state index contributed by atoms with van der Waals surface area (Å²) in [6.07, 6.45) is -5.01. The number of benzene rings is 3. The van der Waals surface area contributed by atoms with Crippen molar-refractivity contribution in [2.45, 2.75) is 6.18 Å². The first kappa shape index (κ1) is 23.8. The van der Waals surface area contributed by atoms with E-state index in [0.717, 1.165) is 18.2 Å². The van der Waals surface area contributed by atoms with Gasteiger partial charge in [-0.15, -0.1) is 0 Å². The Bertz CT molecular complexity index is 1460. The van der Waals surface area contributed by atoms with Crippen LogP contribution < -0.4 is 20.1 Å². The zero-order chi connectivity index (χ0) is 25.3. The molecule has 0 unspecified atom stereocenters. The predicted octanol–water partition coefficient (Wildman–Crippen LogP) is 5.40. The zero-order valence-electron chi connectivity index (χ0n) is 17.8. The lowest BCUT2D eigenvalue weighted by atomic mass is 10.0. The van der Waals surface area contributed by atoms with Crippen molar-refractivity contribution in [1.29, 1.82) is 0 Å². The zero-order valence-corrected chi connectivity index (χ0v) is 17.8. The van der Waals surface area contributed by atoms with Crippen molar-refractivity contribution in [3.05, 3.63) is 93.5 Å². The molecule has 3 aromatic carbocycles. The van der Waals surface area contributed by atoms with Crippen LogP contribution in [-0.4, -0.2) is 18.3 Å². The maximum Gasteiger partial charge on any atom is 0.450 e. The third kappa shape index (κ3) is 4.67. The standard InChI is InChI=1S/C24H15F3NO7/c1-33-18-5-3-2-4-16(18)20-21(29)17-11-10-15(12-19(17)35-22(20)24(25,26)27)34-23(30)13-6-8-14(9-7-13)28(31)32/h2-12,31H,1H3/q-1. The average Bonchev–Trinajstić information content (AvgIpc) is 2.83. The van der Waals surface area contributed by atoms with Crippen LogP contribution >= 0.6 is 0 Å².